The van der Waals surface area contributed by atoms with E-state index in [1.807, 2.05) is 18.2 Å². The maximum absolute atomic E-state index is 12.2. The third-order valence-electron chi connectivity index (χ3n) is 5.66. The number of nitrogens with zero attached hydrogens (tertiary/aromatic N) is 1. The molecule has 2 aliphatic rings. The Balaban J connectivity index is 1.35. The first-order chi connectivity index (χ1) is 12.2. The number of piperidine rings is 1. The molecule has 136 valence electrons. The van der Waals surface area contributed by atoms with Crippen molar-refractivity contribution in [2.75, 3.05) is 13.1 Å². The highest BCUT2D eigenvalue weighted by Crippen LogP contribution is 2.25. The van der Waals surface area contributed by atoms with Crippen molar-refractivity contribution >= 4 is 11.7 Å². The fourth-order valence-corrected chi connectivity index (χ4v) is 4.15. The first kappa shape index (κ1) is 18.1. The lowest BCUT2D eigenvalue weighted by Gasteiger charge is -2.39. The van der Waals surface area contributed by atoms with E-state index in [0.29, 0.717) is 5.56 Å². The molecule has 0 aromatic heterocycles. The number of benzene rings is 1. The molecule has 0 spiro atoms. The number of ketones is 1. The van der Waals surface area contributed by atoms with Gasteiger partial charge in [0.05, 0.1) is 0 Å². The zero-order chi connectivity index (χ0) is 17.5. The van der Waals surface area contributed by atoms with E-state index in [0.717, 1.165) is 32.0 Å². The standard InChI is InChI=1S/C21H30N2O2/c24-20(17-7-3-1-4-8-17)11-12-21(25)22-18-13-15-23(16-14-18)19-9-5-2-6-10-19/h1,3-4,7-8,18-19H,2,5-6,9-16H2,(H,22,25). The van der Waals surface area contributed by atoms with Gasteiger partial charge in [0.1, 0.15) is 0 Å². The van der Waals surface area contributed by atoms with Crippen LogP contribution in [0.15, 0.2) is 30.3 Å². The van der Waals surface area contributed by atoms with Crippen molar-refractivity contribution in [2.24, 2.45) is 0 Å². The molecule has 0 bridgehead atoms. The summed E-state index contributed by atoms with van der Waals surface area (Å²) in [5, 5.41) is 3.13. The van der Waals surface area contributed by atoms with Crippen LogP contribution in [0.2, 0.25) is 0 Å². The molecule has 1 aliphatic carbocycles. The van der Waals surface area contributed by atoms with Gasteiger partial charge in [0.2, 0.25) is 5.91 Å². The Hall–Kier alpha value is -1.68. The highest BCUT2D eigenvalue weighted by molar-refractivity contribution is 5.97. The van der Waals surface area contributed by atoms with Crippen molar-refractivity contribution in [1.82, 2.24) is 10.2 Å². The molecule has 1 N–H and O–H groups in total. The van der Waals surface area contributed by atoms with Crippen LogP contribution in [0.25, 0.3) is 0 Å². The van der Waals surface area contributed by atoms with Gasteiger partial charge in [-0.25, -0.2) is 0 Å². The van der Waals surface area contributed by atoms with E-state index in [9.17, 15) is 9.59 Å². The largest absolute Gasteiger partial charge is 0.353 e. The molecule has 0 atom stereocenters. The molecule has 1 amide bonds. The van der Waals surface area contributed by atoms with E-state index in [1.165, 1.54) is 32.1 Å². The van der Waals surface area contributed by atoms with Gasteiger partial charge >= 0.3 is 0 Å². The summed E-state index contributed by atoms with van der Waals surface area (Å²) >= 11 is 0. The third kappa shape index (κ3) is 5.40. The highest BCUT2D eigenvalue weighted by atomic mass is 16.2. The van der Waals surface area contributed by atoms with Crippen LogP contribution in [0.1, 0.15) is 68.1 Å². The van der Waals surface area contributed by atoms with Crippen LogP contribution in [0.4, 0.5) is 0 Å². The van der Waals surface area contributed by atoms with E-state index >= 15 is 0 Å². The first-order valence-electron chi connectivity index (χ1n) is 9.84. The van der Waals surface area contributed by atoms with Crippen molar-refractivity contribution in [2.45, 2.75) is 69.9 Å². The molecule has 1 heterocycles. The quantitative estimate of drug-likeness (QED) is 0.804. The van der Waals surface area contributed by atoms with Crippen LogP contribution in [0, 0.1) is 0 Å². The van der Waals surface area contributed by atoms with E-state index < -0.39 is 0 Å². The van der Waals surface area contributed by atoms with E-state index in [2.05, 4.69) is 10.2 Å². The average Bonchev–Trinajstić information content (AvgIpc) is 2.68. The molecule has 2 fully saturated rings. The average molecular weight is 342 g/mol. The molecule has 1 saturated heterocycles. The normalized spacial score (nSPS) is 20.3. The lowest BCUT2D eigenvalue weighted by atomic mass is 9.92. The molecular weight excluding hydrogens is 312 g/mol. The minimum Gasteiger partial charge on any atom is -0.353 e. The van der Waals surface area contributed by atoms with Gasteiger partial charge in [-0.1, -0.05) is 49.6 Å². The molecule has 1 aromatic rings. The maximum atomic E-state index is 12.2. The molecule has 1 aliphatic heterocycles. The van der Waals surface area contributed by atoms with Crippen LogP contribution in [0.5, 0.6) is 0 Å². The van der Waals surface area contributed by atoms with Gasteiger partial charge in [-0.15, -0.1) is 0 Å². The Labute approximate surface area is 151 Å². The molecule has 0 radical (unpaired) electrons. The summed E-state index contributed by atoms with van der Waals surface area (Å²) in [6.07, 6.45) is 9.48. The number of carbonyl (C=O) groups is 2. The predicted octanol–water partition coefficient (Wildman–Crippen LogP) is 3.56. The number of Topliss-reactive ketones (excluding diaryl/α,β-unsaturated/α-hetero) is 1. The summed E-state index contributed by atoms with van der Waals surface area (Å²) in [6, 6.07) is 10.3. The Kier molecular flexibility index (Phi) is 6.62. The minimum absolute atomic E-state index is 0.0143. The molecule has 3 rings (SSSR count). The highest BCUT2D eigenvalue weighted by Gasteiger charge is 2.26. The Bertz CT molecular complexity index is 559. The number of rotatable bonds is 6. The van der Waals surface area contributed by atoms with Crippen LogP contribution in [-0.4, -0.2) is 41.8 Å². The first-order valence-corrected chi connectivity index (χ1v) is 9.84. The minimum atomic E-state index is 0.0143. The second-order valence-corrected chi connectivity index (χ2v) is 7.46. The molecule has 1 aromatic carbocycles. The van der Waals surface area contributed by atoms with Crippen molar-refractivity contribution in [3.63, 3.8) is 0 Å². The SMILES string of the molecule is O=C(CCC(=O)c1ccccc1)NC1CCN(C2CCCCC2)CC1. The zero-order valence-electron chi connectivity index (χ0n) is 15.1. The van der Waals surface area contributed by atoms with E-state index in [4.69, 9.17) is 0 Å². The summed E-state index contributed by atoms with van der Waals surface area (Å²) in [5.41, 5.74) is 0.691. The fourth-order valence-electron chi connectivity index (χ4n) is 4.15. The fraction of sp³-hybridized carbons (Fsp3) is 0.619. The predicted molar refractivity (Wildman–Crippen MR) is 99.6 cm³/mol. The number of amides is 1. The summed E-state index contributed by atoms with van der Waals surface area (Å²) in [5.74, 6) is 0.0586. The van der Waals surface area contributed by atoms with Gasteiger partial charge in [-0.2, -0.15) is 0 Å². The summed E-state index contributed by atoms with van der Waals surface area (Å²) in [4.78, 5) is 26.9. The second-order valence-electron chi connectivity index (χ2n) is 7.46. The number of likely N-dealkylation sites (tertiary alicyclic amines) is 1. The topological polar surface area (TPSA) is 49.4 Å². The van der Waals surface area contributed by atoms with Crippen LogP contribution < -0.4 is 5.32 Å². The summed E-state index contributed by atoms with van der Waals surface area (Å²) in [6.45, 7) is 2.19. The summed E-state index contributed by atoms with van der Waals surface area (Å²) in [7, 11) is 0. The van der Waals surface area contributed by atoms with Crippen molar-refractivity contribution in [3.05, 3.63) is 35.9 Å². The lowest BCUT2D eigenvalue weighted by Crippen LogP contribution is -2.48. The van der Waals surface area contributed by atoms with Gasteiger partial charge in [-0.3, -0.25) is 9.59 Å². The van der Waals surface area contributed by atoms with E-state index in [1.54, 1.807) is 12.1 Å². The third-order valence-corrected chi connectivity index (χ3v) is 5.66. The molecule has 1 saturated carbocycles. The lowest BCUT2D eigenvalue weighted by molar-refractivity contribution is -0.122. The second kappa shape index (κ2) is 9.14. The van der Waals surface area contributed by atoms with E-state index in [-0.39, 0.29) is 30.6 Å². The molecule has 0 unspecified atom stereocenters. The maximum Gasteiger partial charge on any atom is 0.220 e. The van der Waals surface area contributed by atoms with Crippen molar-refractivity contribution < 1.29 is 9.59 Å². The Morgan fingerprint density at radius 2 is 1.60 bits per heavy atom. The summed E-state index contributed by atoms with van der Waals surface area (Å²) < 4.78 is 0. The molecule has 4 heteroatoms. The molecule has 25 heavy (non-hydrogen) atoms. The number of hydrogen-bond acceptors (Lipinski definition) is 3. The van der Waals surface area contributed by atoms with Crippen LogP contribution in [0.3, 0.4) is 0 Å². The molecule has 4 nitrogen and oxygen atoms in total. The number of hydrogen-bond donors (Lipinski definition) is 1. The Morgan fingerprint density at radius 3 is 2.28 bits per heavy atom. The smallest absolute Gasteiger partial charge is 0.220 e. The van der Waals surface area contributed by atoms with Gasteiger partial charge < -0.3 is 10.2 Å². The van der Waals surface area contributed by atoms with Crippen molar-refractivity contribution in [1.29, 1.82) is 0 Å². The zero-order valence-corrected chi connectivity index (χ0v) is 15.1. The monoisotopic (exact) mass is 342 g/mol. The van der Waals surface area contributed by atoms with Crippen LogP contribution >= 0.6 is 0 Å². The molecular formula is C21H30N2O2. The van der Waals surface area contributed by atoms with Crippen molar-refractivity contribution in [3.8, 4) is 0 Å². The van der Waals surface area contributed by atoms with Crippen LogP contribution in [-0.2, 0) is 4.79 Å². The number of carbonyl (C=O) groups excluding carboxylic acids is 2. The number of nitrogens with one attached hydrogen (secondary N) is 1. The van der Waals surface area contributed by atoms with Gasteiger partial charge in [0.15, 0.2) is 5.78 Å². The van der Waals surface area contributed by atoms with Gasteiger partial charge in [0.25, 0.3) is 0 Å². The van der Waals surface area contributed by atoms with Gasteiger partial charge in [-0.05, 0) is 25.7 Å². The van der Waals surface area contributed by atoms with Gasteiger partial charge in [0, 0.05) is 43.6 Å². The Morgan fingerprint density at radius 1 is 0.920 bits per heavy atom.